The summed E-state index contributed by atoms with van der Waals surface area (Å²) in [5.41, 5.74) is 1.72. The molecule has 12 heavy (non-hydrogen) atoms. The molecular formula is C9H12O3. The second-order valence-corrected chi connectivity index (χ2v) is 2.88. The molecule has 0 heterocycles. The van der Waals surface area contributed by atoms with Gasteiger partial charge in [-0.3, -0.25) is 0 Å². The quantitative estimate of drug-likeness (QED) is 0.531. The van der Waals surface area contributed by atoms with Gasteiger partial charge in [0.1, 0.15) is 0 Å². The summed E-state index contributed by atoms with van der Waals surface area (Å²) in [6, 6.07) is 4.97. The molecule has 0 saturated carbocycles. The summed E-state index contributed by atoms with van der Waals surface area (Å²) >= 11 is 0. The fourth-order valence-corrected chi connectivity index (χ4v) is 1.11. The van der Waals surface area contributed by atoms with Gasteiger partial charge >= 0.3 is 5.97 Å². The fraction of sp³-hybridized carbons (Fsp3) is 0.333. The Hall–Kier alpha value is -0.900. The minimum Gasteiger partial charge on any atom is -0.340 e. The van der Waals surface area contributed by atoms with Crippen molar-refractivity contribution in [3.63, 3.8) is 0 Å². The van der Waals surface area contributed by atoms with E-state index in [1.165, 1.54) is 6.07 Å². The highest BCUT2D eigenvalue weighted by Gasteiger charge is 2.23. The molecule has 66 valence electrons. The molecule has 0 bridgehead atoms. The number of aliphatic hydroxyl groups is 3. The third kappa shape index (κ3) is 1.64. The summed E-state index contributed by atoms with van der Waals surface area (Å²) in [5.74, 6) is -2.73. The molecule has 0 aromatic heterocycles. The van der Waals surface area contributed by atoms with Crippen LogP contribution in [0.15, 0.2) is 18.2 Å². The van der Waals surface area contributed by atoms with Crippen LogP contribution >= 0.6 is 0 Å². The Kier molecular flexibility index (Phi) is 2.19. The standard InChI is InChI=1S/C9H12O3/c1-6-4-3-5-8(7(6)2)9(10,11)12/h3-5,10-12H,1-2H3. The Bertz CT molecular complexity index is 286. The Labute approximate surface area is 70.9 Å². The fourth-order valence-electron chi connectivity index (χ4n) is 1.11. The maximum absolute atomic E-state index is 8.91. The molecule has 3 nitrogen and oxygen atoms in total. The van der Waals surface area contributed by atoms with Crippen LogP contribution < -0.4 is 0 Å². The van der Waals surface area contributed by atoms with Gasteiger partial charge in [0.2, 0.25) is 0 Å². The lowest BCUT2D eigenvalue weighted by atomic mass is 10.0. The predicted octanol–water partition coefficient (Wildman–Crippen LogP) is 0.391. The van der Waals surface area contributed by atoms with Gasteiger partial charge < -0.3 is 15.3 Å². The van der Waals surface area contributed by atoms with Crippen molar-refractivity contribution >= 4 is 0 Å². The summed E-state index contributed by atoms with van der Waals surface area (Å²) in [6.45, 7) is 3.56. The number of aryl methyl sites for hydroxylation is 1. The maximum atomic E-state index is 8.91. The molecule has 0 aliphatic rings. The van der Waals surface area contributed by atoms with Crippen LogP contribution in [0.3, 0.4) is 0 Å². The van der Waals surface area contributed by atoms with Crippen molar-refractivity contribution in [1.82, 2.24) is 0 Å². The van der Waals surface area contributed by atoms with Gasteiger partial charge in [0, 0.05) is 5.56 Å². The van der Waals surface area contributed by atoms with E-state index in [0.717, 1.165) is 5.56 Å². The van der Waals surface area contributed by atoms with Crippen molar-refractivity contribution in [2.24, 2.45) is 0 Å². The molecule has 1 rings (SSSR count). The molecule has 0 radical (unpaired) electrons. The van der Waals surface area contributed by atoms with Gasteiger partial charge in [-0.1, -0.05) is 18.2 Å². The van der Waals surface area contributed by atoms with Crippen molar-refractivity contribution in [3.05, 3.63) is 34.9 Å². The van der Waals surface area contributed by atoms with Crippen molar-refractivity contribution in [1.29, 1.82) is 0 Å². The molecular weight excluding hydrogens is 156 g/mol. The normalized spacial score (nSPS) is 11.8. The van der Waals surface area contributed by atoms with Crippen molar-refractivity contribution in [3.8, 4) is 0 Å². The molecule has 1 aromatic carbocycles. The van der Waals surface area contributed by atoms with E-state index in [2.05, 4.69) is 0 Å². The first-order chi connectivity index (χ1) is 5.43. The van der Waals surface area contributed by atoms with Crippen molar-refractivity contribution < 1.29 is 15.3 Å². The zero-order valence-electron chi connectivity index (χ0n) is 7.07. The van der Waals surface area contributed by atoms with Gasteiger partial charge in [0.25, 0.3) is 0 Å². The van der Waals surface area contributed by atoms with E-state index < -0.39 is 5.97 Å². The third-order valence-electron chi connectivity index (χ3n) is 1.97. The third-order valence-corrected chi connectivity index (χ3v) is 1.97. The van der Waals surface area contributed by atoms with Crippen LogP contribution in [0, 0.1) is 13.8 Å². The molecule has 0 saturated heterocycles. The number of rotatable bonds is 1. The molecule has 0 fully saturated rings. The lowest BCUT2D eigenvalue weighted by Gasteiger charge is -2.17. The molecule has 3 N–H and O–H groups in total. The lowest BCUT2D eigenvalue weighted by molar-refractivity contribution is -0.324. The SMILES string of the molecule is Cc1cccc(C(O)(O)O)c1C. The summed E-state index contributed by atoms with van der Waals surface area (Å²) in [6.07, 6.45) is 0. The smallest absolute Gasteiger partial charge is 0.304 e. The summed E-state index contributed by atoms with van der Waals surface area (Å²) in [4.78, 5) is 0. The van der Waals surface area contributed by atoms with Crippen LogP contribution in [0.1, 0.15) is 16.7 Å². The van der Waals surface area contributed by atoms with Crippen LogP contribution in [-0.2, 0) is 5.97 Å². The van der Waals surface area contributed by atoms with Crippen LogP contribution in [0.25, 0.3) is 0 Å². The molecule has 0 amide bonds. The van der Waals surface area contributed by atoms with E-state index in [0.29, 0.717) is 5.56 Å². The first kappa shape index (κ1) is 9.19. The van der Waals surface area contributed by atoms with Gasteiger partial charge in [0.15, 0.2) is 0 Å². The average Bonchev–Trinajstić information content (AvgIpc) is 1.92. The van der Waals surface area contributed by atoms with Gasteiger partial charge in [-0.25, -0.2) is 0 Å². The number of hydrogen-bond acceptors (Lipinski definition) is 3. The zero-order chi connectivity index (χ0) is 9.35. The van der Waals surface area contributed by atoms with Crippen molar-refractivity contribution in [2.75, 3.05) is 0 Å². The lowest BCUT2D eigenvalue weighted by Crippen LogP contribution is -2.25. The number of benzene rings is 1. The topological polar surface area (TPSA) is 60.7 Å². The highest BCUT2D eigenvalue weighted by molar-refractivity contribution is 5.34. The molecule has 3 heteroatoms. The highest BCUT2D eigenvalue weighted by atomic mass is 16.7. The summed E-state index contributed by atoms with van der Waals surface area (Å²) in [7, 11) is 0. The Morgan fingerprint density at radius 2 is 1.67 bits per heavy atom. The summed E-state index contributed by atoms with van der Waals surface area (Å²) < 4.78 is 0. The Balaban J connectivity index is 3.26. The van der Waals surface area contributed by atoms with Gasteiger partial charge in [-0.15, -0.1) is 0 Å². The van der Waals surface area contributed by atoms with Crippen LogP contribution in [0.5, 0.6) is 0 Å². The van der Waals surface area contributed by atoms with Crippen molar-refractivity contribution in [2.45, 2.75) is 19.8 Å². The molecule has 0 aliphatic heterocycles. The average molecular weight is 168 g/mol. The van der Waals surface area contributed by atoms with Gasteiger partial charge in [0.05, 0.1) is 0 Å². The molecule has 0 spiro atoms. The predicted molar refractivity (Wildman–Crippen MR) is 44.3 cm³/mol. The van der Waals surface area contributed by atoms with Crippen LogP contribution in [0.2, 0.25) is 0 Å². The molecule has 1 aromatic rings. The summed E-state index contributed by atoms with van der Waals surface area (Å²) in [5, 5.41) is 26.7. The van der Waals surface area contributed by atoms with Gasteiger partial charge in [-0.05, 0) is 25.0 Å². The van der Waals surface area contributed by atoms with Crippen LogP contribution in [-0.4, -0.2) is 15.3 Å². The minimum atomic E-state index is -2.73. The van der Waals surface area contributed by atoms with Crippen LogP contribution in [0.4, 0.5) is 0 Å². The second-order valence-electron chi connectivity index (χ2n) is 2.88. The van der Waals surface area contributed by atoms with E-state index >= 15 is 0 Å². The van der Waals surface area contributed by atoms with E-state index in [1.807, 2.05) is 13.0 Å². The first-order valence-electron chi connectivity index (χ1n) is 3.66. The van der Waals surface area contributed by atoms with E-state index in [-0.39, 0.29) is 5.56 Å². The van der Waals surface area contributed by atoms with E-state index in [1.54, 1.807) is 13.0 Å². The zero-order valence-corrected chi connectivity index (χ0v) is 7.07. The van der Waals surface area contributed by atoms with E-state index in [9.17, 15) is 0 Å². The highest BCUT2D eigenvalue weighted by Crippen LogP contribution is 2.21. The Morgan fingerprint density at radius 3 is 2.08 bits per heavy atom. The Morgan fingerprint density at radius 1 is 1.08 bits per heavy atom. The van der Waals surface area contributed by atoms with Gasteiger partial charge in [-0.2, -0.15) is 0 Å². The van der Waals surface area contributed by atoms with E-state index in [4.69, 9.17) is 15.3 Å². The molecule has 0 atom stereocenters. The molecule has 0 aliphatic carbocycles. The second kappa shape index (κ2) is 2.86. The molecule has 0 unspecified atom stereocenters. The monoisotopic (exact) mass is 168 g/mol. The minimum absolute atomic E-state index is 0.127. The largest absolute Gasteiger partial charge is 0.340 e. The maximum Gasteiger partial charge on any atom is 0.304 e. The first-order valence-corrected chi connectivity index (χ1v) is 3.66. The number of hydrogen-bond donors (Lipinski definition) is 3.